The fourth-order valence-electron chi connectivity index (χ4n) is 2.14. The van der Waals surface area contributed by atoms with E-state index >= 15 is 0 Å². The average Bonchev–Trinajstić information content (AvgIpc) is 2.42. The van der Waals surface area contributed by atoms with E-state index in [0.717, 1.165) is 12.0 Å². The molecule has 0 spiro atoms. The lowest BCUT2D eigenvalue weighted by Crippen LogP contribution is -1.99. The van der Waals surface area contributed by atoms with E-state index in [1.54, 1.807) is 0 Å². The smallest absolute Gasteiger partial charge is 0.0991 e. The Morgan fingerprint density at radius 2 is 1.53 bits per heavy atom. The van der Waals surface area contributed by atoms with Crippen LogP contribution in [0.15, 0.2) is 54.6 Å². The highest BCUT2D eigenvalue weighted by molar-refractivity contribution is 5.37. The predicted octanol–water partition coefficient (Wildman–Crippen LogP) is 4.10. The van der Waals surface area contributed by atoms with Gasteiger partial charge in [-0.15, -0.1) is 0 Å². The first-order valence-electron chi connectivity index (χ1n) is 5.90. The van der Waals surface area contributed by atoms with Gasteiger partial charge in [0.2, 0.25) is 0 Å². The molecule has 0 heterocycles. The van der Waals surface area contributed by atoms with E-state index < -0.39 is 0 Å². The molecule has 0 bridgehead atoms. The highest BCUT2D eigenvalue weighted by Crippen LogP contribution is 2.27. The summed E-state index contributed by atoms with van der Waals surface area (Å²) in [5.74, 6) is 0.420. The second-order valence-electron chi connectivity index (χ2n) is 4.11. The van der Waals surface area contributed by atoms with Crippen molar-refractivity contribution in [2.45, 2.75) is 19.3 Å². The molecule has 0 amide bonds. The molecule has 0 fully saturated rings. The molecule has 0 aromatic heterocycles. The Hall–Kier alpha value is -2.07. The van der Waals surface area contributed by atoms with Gasteiger partial charge in [-0.1, -0.05) is 49.4 Å². The summed E-state index contributed by atoms with van der Waals surface area (Å²) in [5.41, 5.74) is 3.33. The number of nitriles is 1. The third kappa shape index (κ3) is 2.54. The molecule has 84 valence electrons. The molecule has 2 aromatic carbocycles. The van der Waals surface area contributed by atoms with E-state index in [0.29, 0.717) is 5.92 Å². The van der Waals surface area contributed by atoms with Gasteiger partial charge in [-0.3, -0.25) is 0 Å². The molecule has 2 aromatic rings. The van der Waals surface area contributed by atoms with Gasteiger partial charge in [0.15, 0.2) is 0 Å². The lowest BCUT2D eigenvalue weighted by atomic mass is 9.89. The number of rotatable bonds is 3. The van der Waals surface area contributed by atoms with Crippen molar-refractivity contribution >= 4 is 0 Å². The summed E-state index contributed by atoms with van der Waals surface area (Å²) in [5, 5.41) is 8.79. The topological polar surface area (TPSA) is 23.8 Å². The molecule has 0 radical (unpaired) electrons. The molecular weight excluding hydrogens is 206 g/mol. The van der Waals surface area contributed by atoms with Gasteiger partial charge in [-0.2, -0.15) is 5.26 Å². The first-order valence-corrected chi connectivity index (χ1v) is 5.90. The van der Waals surface area contributed by atoms with Crippen LogP contribution in [0.5, 0.6) is 0 Å². The second-order valence-corrected chi connectivity index (χ2v) is 4.11. The molecule has 0 saturated carbocycles. The monoisotopic (exact) mass is 221 g/mol. The van der Waals surface area contributed by atoms with Crippen LogP contribution in [0.1, 0.15) is 36.0 Å². The molecule has 1 atom stereocenters. The highest BCUT2D eigenvalue weighted by atomic mass is 14.2. The lowest BCUT2D eigenvalue weighted by molar-refractivity contribution is 0.777. The molecule has 0 N–H and O–H groups in total. The minimum absolute atomic E-state index is 0.420. The Morgan fingerprint density at radius 3 is 2.06 bits per heavy atom. The first-order chi connectivity index (χ1) is 8.35. The lowest BCUT2D eigenvalue weighted by Gasteiger charge is -2.15. The number of hydrogen-bond donors (Lipinski definition) is 0. The Balaban J connectivity index is 2.33. The minimum atomic E-state index is 0.420. The summed E-state index contributed by atoms with van der Waals surface area (Å²) in [6.07, 6.45) is 1.07. The molecule has 0 aliphatic rings. The van der Waals surface area contributed by atoms with Crippen molar-refractivity contribution in [2.75, 3.05) is 0 Å². The summed E-state index contributed by atoms with van der Waals surface area (Å²) in [7, 11) is 0. The highest BCUT2D eigenvalue weighted by Gasteiger charge is 2.11. The van der Waals surface area contributed by atoms with Crippen LogP contribution in [0, 0.1) is 11.3 Å². The van der Waals surface area contributed by atoms with E-state index in [2.05, 4.69) is 49.4 Å². The van der Waals surface area contributed by atoms with Crippen molar-refractivity contribution in [3.05, 3.63) is 71.3 Å². The van der Waals surface area contributed by atoms with Crippen LogP contribution in [-0.4, -0.2) is 0 Å². The standard InChI is InChI=1S/C16H15N/c1-2-16(14-6-4-3-5-7-14)15-10-8-13(12-17)9-11-15/h3-11,16H,2H2,1H3/t16-/m0/s1. The van der Waals surface area contributed by atoms with Crippen molar-refractivity contribution < 1.29 is 0 Å². The zero-order valence-electron chi connectivity index (χ0n) is 9.93. The van der Waals surface area contributed by atoms with Crippen LogP contribution < -0.4 is 0 Å². The molecule has 0 aliphatic heterocycles. The van der Waals surface area contributed by atoms with Crippen LogP contribution in [-0.2, 0) is 0 Å². The van der Waals surface area contributed by atoms with Crippen LogP contribution >= 0.6 is 0 Å². The van der Waals surface area contributed by atoms with E-state index in [1.165, 1.54) is 11.1 Å². The third-order valence-corrected chi connectivity index (χ3v) is 3.05. The van der Waals surface area contributed by atoms with Crippen molar-refractivity contribution in [1.29, 1.82) is 5.26 Å². The molecule has 0 unspecified atom stereocenters. The summed E-state index contributed by atoms with van der Waals surface area (Å²) in [6, 6.07) is 20.5. The molecule has 17 heavy (non-hydrogen) atoms. The third-order valence-electron chi connectivity index (χ3n) is 3.05. The van der Waals surface area contributed by atoms with Crippen LogP contribution in [0.25, 0.3) is 0 Å². The predicted molar refractivity (Wildman–Crippen MR) is 69.7 cm³/mol. The molecule has 1 nitrogen and oxygen atoms in total. The van der Waals surface area contributed by atoms with Gasteiger partial charge in [-0.25, -0.2) is 0 Å². The van der Waals surface area contributed by atoms with Gasteiger partial charge in [-0.05, 0) is 29.7 Å². The van der Waals surface area contributed by atoms with Crippen molar-refractivity contribution in [3.63, 3.8) is 0 Å². The molecule has 1 heteroatoms. The summed E-state index contributed by atoms with van der Waals surface area (Å²) in [6.45, 7) is 2.19. The maximum Gasteiger partial charge on any atom is 0.0991 e. The fraction of sp³-hybridized carbons (Fsp3) is 0.188. The Kier molecular flexibility index (Phi) is 3.57. The summed E-state index contributed by atoms with van der Waals surface area (Å²) >= 11 is 0. The van der Waals surface area contributed by atoms with Crippen molar-refractivity contribution in [3.8, 4) is 6.07 Å². The molecule has 0 aliphatic carbocycles. The average molecular weight is 221 g/mol. The Bertz CT molecular complexity index is 505. The second kappa shape index (κ2) is 5.32. The summed E-state index contributed by atoms with van der Waals surface area (Å²) in [4.78, 5) is 0. The number of nitrogens with zero attached hydrogens (tertiary/aromatic N) is 1. The van der Waals surface area contributed by atoms with Crippen LogP contribution in [0.2, 0.25) is 0 Å². The normalized spacial score (nSPS) is 11.8. The maximum absolute atomic E-state index is 8.79. The van der Waals surface area contributed by atoms with Gasteiger partial charge in [0, 0.05) is 5.92 Å². The summed E-state index contributed by atoms with van der Waals surface area (Å²) < 4.78 is 0. The van der Waals surface area contributed by atoms with Gasteiger partial charge in [0.25, 0.3) is 0 Å². The largest absolute Gasteiger partial charge is 0.192 e. The zero-order chi connectivity index (χ0) is 12.1. The Labute approximate surface area is 102 Å². The maximum atomic E-state index is 8.79. The minimum Gasteiger partial charge on any atom is -0.192 e. The molecule has 0 saturated heterocycles. The molecule has 2 rings (SSSR count). The fourth-order valence-corrected chi connectivity index (χ4v) is 2.14. The van der Waals surface area contributed by atoms with E-state index in [4.69, 9.17) is 5.26 Å². The van der Waals surface area contributed by atoms with Gasteiger partial charge in [0.1, 0.15) is 0 Å². The number of benzene rings is 2. The quantitative estimate of drug-likeness (QED) is 0.765. The number of hydrogen-bond acceptors (Lipinski definition) is 1. The SMILES string of the molecule is CC[C@@H](c1ccccc1)c1ccc(C#N)cc1. The molecular formula is C16H15N. The van der Waals surface area contributed by atoms with E-state index in [-0.39, 0.29) is 0 Å². The van der Waals surface area contributed by atoms with Gasteiger partial charge < -0.3 is 0 Å². The van der Waals surface area contributed by atoms with Crippen molar-refractivity contribution in [2.24, 2.45) is 0 Å². The van der Waals surface area contributed by atoms with Gasteiger partial charge in [0.05, 0.1) is 11.6 Å². The van der Waals surface area contributed by atoms with E-state index in [9.17, 15) is 0 Å². The Morgan fingerprint density at radius 1 is 0.941 bits per heavy atom. The van der Waals surface area contributed by atoms with E-state index in [1.807, 2.05) is 18.2 Å². The van der Waals surface area contributed by atoms with Crippen LogP contribution in [0.3, 0.4) is 0 Å². The first kappa shape index (κ1) is 11.4. The zero-order valence-corrected chi connectivity index (χ0v) is 9.93. The van der Waals surface area contributed by atoms with Crippen LogP contribution in [0.4, 0.5) is 0 Å². The van der Waals surface area contributed by atoms with Gasteiger partial charge >= 0.3 is 0 Å². The van der Waals surface area contributed by atoms with Crippen molar-refractivity contribution in [1.82, 2.24) is 0 Å².